The molecule has 358 valence electrons. The first kappa shape index (κ1) is 59.2. The van der Waals surface area contributed by atoms with Crippen LogP contribution in [0.3, 0.4) is 0 Å². The molecule has 0 N–H and O–H groups in total. The van der Waals surface area contributed by atoms with E-state index in [4.69, 9.17) is 4.74 Å². The normalized spacial score (nSPS) is 11.7. The molecule has 0 amide bonds. The van der Waals surface area contributed by atoms with Crippen LogP contribution in [0.4, 0.5) is 0 Å². The fraction of sp³-hybridized carbons (Fsp3) is 0.948. The molecule has 2 nitrogen and oxygen atoms in total. The van der Waals surface area contributed by atoms with Gasteiger partial charge in [-0.3, -0.25) is 4.79 Å². The Kier molecular flexibility index (Phi) is 55.5. The van der Waals surface area contributed by atoms with Crippen LogP contribution in [0.25, 0.3) is 0 Å². The van der Waals surface area contributed by atoms with E-state index in [1.807, 2.05) is 0 Å². The molecule has 0 radical (unpaired) electrons. The SMILES string of the molecule is CCCCCCCC/C=C\CCCCCCCCOC(=O)CCCCCCCCCCCCCCCCCCCCCCCCCCCCCCCCCCCCCCC. The second kappa shape index (κ2) is 56.2. The summed E-state index contributed by atoms with van der Waals surface area (Å²) in [4.78, 5) is 12.1. The minimum atomic E-state index is 0.0269. The van der Waals surface area contributed by atoms with Crippen molar-refractivity contribution in [2.45, 2.75) is 348 Å². The van der Waals surface area contributed by atoms with Gasteiger partial charge in [-0.1, -0.05) is 315 Å². The van der Waals surface area contributed by atoms with Crippen LogP contribution in [-0.4, -0.2) is 12.6 Å². The molecule has 0 aromatic rings. The van der Waals surface area contributed by atoms with Crippen LogP contribution in [0.5, 0.6) is 0 Å². The molecule has 0 aliphatic heterocycles. The number of rotatable bonds is 54. The molecule has 0 aromatic carbocycles. The molecule has 0 aliphatic rings. The van der Waals surface area contributed by atoms with Crippen molar-refractivity contribution in [1.29, 1.82) is 0 Å². The Labute approximate surface area is 380 Å². The third kappa shape index (κ3) is 55.2. The predicted molar refractivity (Wildman–Crippen MR) is 272 cm³/mol. The minimum absolute atomic E-state index is 0.0269. The maximum Gasteiger partial charge on any atom is 0.305 e. The molecule has 0 saturated carbocycles. The van der Waals surface area contributed by atoms with Gasteiger partial charge in [0.15, 0.2) is 0 Å². The predicted octanol–water partition coefficient (Wildman–Crippen LogP) is 21.4. The lowest BCUT2D eigenvalue weighted by Crippen LogP contribution is -2.05. The Bertz CT molecular complexity index is 788. The maximum absolute atomic E-state index is 12.1. The van der Waals surface area contributed by atoms with Gasteiger partial charge in [-0.15, -0.1) is 0 Å². The molecule has 2 heteroatoms. The summed E-state index contributed by atoms with van der Waals surface area (Å²) in [6, 6.07) is 0. The summed E-state index contributed by atoms with van der Waals surface area (Å²) in [7, 11) is 0. The molecule has 0 rings (SSSR count). The number of hydrogen-bond acceptors (Lipinski definition) is 2. The second-order valence-corrected chi connectivity index (χ2v) is 19.6. The van der Waals surface area contributed by atoms with E-state index < -0.39 is 0 Å². The highest BCUT2D eigenvalue weighted by atomic mass is 16.5. The van der Waals surface area contributed by atoms with E-state index in [2.05, 4.69) is 26.0 Å². The summed E-state index contributed by atoms with van der Waals surface area (Å²) in [5.74, 6) is 0.0269. The summed E-state index contributed by atoms with van der Waals surface area (Å²) in [5, 5.41) is 0. The summed E-state index contributed by atoms with van der Waals surface area (Å²) in [5.41, 5.74) is 0. The first-order valence-corrected chi connectivity index (χ1v) is 28.6. The number of allylic oxidation sites excluding steroid dienone is 2. The monoisotopic (exact) mass is 843 g/mol. The average Bonchev–Trinajstić information content (AvgIpc) is 3.25. The van der Waals surface area contributed by atoms with E-state index in [0.717, 1.165) is 12.8 Å². The lowest BCUT2D eigenvalue weighted by atomic mass is 10.0. The molecule has 0 unspecified atom stereocenters. The van der Waals surface area contributed by atoms with Gasteiger partial charge in [0.05, 0.1) is 6.61 Å². The van der Waals surface area contributed by atoms with E-state index in [9.17, 15) is 4.79 Å². The van der Waals surface area contributed by atoms with E-state index in [1.54, 1.807) is 0 Å². The summed E-state index contributed by atoms with van der Waals surface area (Å²) >= 11 is 0. The van der Waals surface area contributed by atoms with Crippen LogP contribution in [0.1, 0.15) is 348 Å². The Morgan fingerprint density at radius 2 is 0.467 bits per heavy atom. The van der Waals surface area contributed by atoms with Crippen LogP contribution < -0.4 is 0 Å². The van der Waals surface area contributed by atoms with Gasteiger partial charge >= 0.3 is 5.97 Å². The fourth-order valence-corrected chi connectivity index (χ4v) is 9.14. The highest BCUT2D eigenvalue weighted by Gasteiger charge is 2.03. The third-order valence-electron chi connectivity index (χ3n) is 13.4. The van der Waals surface area contributed by atoms with Crippen LogP contribution in [-0.2, 0) is 9.53 Å². The van der Waals surface area contributed by atoms with Crippen molar-refractivity contribution in [2.24, 2.45) is 0 Å². The van der Waals surface area contributed by atoms with Crippen molar-refractivity contribution in [1.82, 2.24) is 0 Å². The summed E-state index contributed by atoms with van der Waals surface area (Å²) in [6.45, 7) is 5.22. The van der Waals surface area contributed by atoms with E-state index in [1.165, 1.54) is 315 Å². The topological polar surface area (TPSA) is 26.3 Å². The lowest BCUT2D eigenvalue weighted by molar-refractivity contribution is -0.143. The first-order chi connectivity index (χ1) is 29.8. The highest BCUT2D eigenvalue weighted by molar-refractivity contribution is 5.69. The number of hydrogen-bond donors (Lipinski definition) is 0. The number of unbranched alkanes of at least 4 members (excludes halogenated alkanes) is 48. The van der Waals surface area contributed by atoms with Crippen LogP contribution in [0.2, 0.25) is 0 Å². The number of carbonyl (C=O) groups is 1. The molecule has 0 fully saturated rings. The minimum Gasteiger partial charge on any atom is -0.466 e. The molecule has 60 heavy (non-hydrogen) atoms. The summed E-state index contributed by atoms with van der Waals surface area (Å²) in [6.07, 6.45) is 76.9. The third-order valence-corrected chi connectivity index (χ3v) is 13.4. The van der Waals surface area contributed by atoms with E-state index in [-0.39, 0.29) is 5.97 Å². The largest absolute Gasteiger partial charge is 0.466 e. The van der Waals surface area contributed by atoms with Crippen molar-refractivity contribution in [3.63, 3.8) is 0 Å². The lowest BCUT2D eigenvalue weighted by Gasteiger charge is -2.06. The Morgan fingerprint density at radius 3 is 0.717 bits per heavy atom. The molecule has 0 saturated heterocycles. The molecular weight excluding hydrogens is 729 g/mol. The molecule has 0 heterocycles. The smallest absolute Gasteiger partial charge is 0.305 e. The Morgan fingerprint density at radius 1 is 0.267 bits per heavy atom. The van der Waals surface area contributed by atoms with Gasteiger partial charge in [0.2, 0.25) is 0 Å². The number of ether oxygens (including phenoxy) is 1. The van der Waals surface area contributed by atoms with E-state index >= 15 is 0 Å². The Hall–Kier alpha value is -0.790. The highest BCUT2D eigenvalue weighted by Crippen LogP contribution is 2.18. The molecule has 0 aromatic heterocycles. The van der Waals surface area contributed by atoms with Gasteiger partial charge in [0, 0.05) is 6.42 Å². The second-order valence-electron chi connectivity index (χ2n) is 19.6. The zero-order valence-corrected chi connectivity index (χ0v) is 41.9. The molecule has 0 atom stereocenters. The Balaban J connectivity index is 3.14. The zero-order valence-electron chi connectivity index (χ0n) is 41.9. The van der Waals surface area contributed by atoms with Gasteiger partial charge in [-0.25, -0.2) is 0 Å². The van der Waals surface area contributed by atoms with Crippen molar-refractivity contribution in [3.8, 4) is 0 Å². The molecule has 0 bridgehead atoms. The first-order valence-electron chi connectivity index (χ1n) is 28.6. The average molecular weight is 844 g/mol. The molecule has 0 spiro atoms. The number of carbonyl (C=O) groups excluding carboxylic acids is 1. The molecular formula is C58H114O2. The zero-order chi connectivity index (χ0) is 43.2. The van der Waals surface area contributed by atoms with Crippen molar-refractivity contribution in [2.75, 3.05) is 6.61 Å². The van der Waals surface area contributed by atoms with Crippen LogP contribution in [0, 0.1) is 0 Å². The number of esters is 1. The van der Waals surface area contributed by atoms with Crippen LogP contribution in [0.15, 0.2) is 12.2 Å². The fourth-order valence-electron chi connectivity index (χ4n) is 9.14. The molecule has 0 aliphatic carbocycles. The van der Waals surface area contributed by atoms with Crippen molar-refractivity contribution < 1.29 is 9.53 Å². The standard InChI is InChI=1S/C58H114O2/c1-3-5-7-9-11-13-15-17-19-21-22-23-24-25-26-27-28-29-30-31-32-33-34-35-36-37-38-39-40-41-42-44-46-48-50-52-54-56-58(59)60-57-55-53-51-49-47-45-43-20-18-16-14-12-10-8-6-4-2/h18,20H,3-17,19,21-57H2,1-2H3/b20-18-. The maximum atomic E-state index is 12.1. The van der Waals surface area contributed by atoms with Gasteiger partial charge in [-0.2, -0.15) is 0 Å². The van der Waals surface area contributed by atoms with E-state index in [0.29, 0.717) is 13.0 Å². The van der Waals surface area contributed by atoms with Gasteiger partial charge in [0.25, 0.3) is 0 Å². The van der Waals surface area contributed by atoms with Gasteiger partial charge < -0.3 is 4.74 Å². The van der Waals surface area contributed by atoms with Crippen molar-refractivity contribution >= 4 is 5.97 Å². The van der Waals surface area contributed by atoms with Crippen LogP contribution >= 0.6 is 0 Å². The van der Waals surface area contributed by atoms with Gasteiger partial charge in [0.1, 0.15) is 0 Å². The van der Waals surface area contributed by atoms with Gasteiger partial charge in [-0.05, 0) is 38.5 Å². The summed E-state index contributed by atoms with van der Waals surface area (Å²) < 4.78 is 5.49. The van der Waals surface area contributed by atoms with Crippen molar-refractivity contribution in [3.05, 3.63) is 12.2 Å². The quantitative estimate of drug-likeness (QED) is 0.0346.